The molecule has 3 aliphatic heterocycles. The van der Waals surface area contributed by atoms with Crippen LogP contribution in [-0.4, -0.2) is 59.3 Å². The van der Waals surface area contributed by atoms with Gasteiger partial charge in [0, 0.05) is 60.5 Å². The van der Waals surface area contributed by atoms with Crippen molar-refractivity contribution in [3.63, 3.8) is 0 Å². The SMILES string of the molecule is CCCN(OCc1ccc(N)cc1)C(=O)C1=Cc2ccc(C(=O)N3CC4CC3CN4)cc2N=C(N)C1. The van der Waals surface area contributed by atoms with Crippen LogP contribution in [0.25, 0.3) is 6.08 Å². The van der Waals surface area contributed by atoms with Gasteiger partial charge >= 0.3 is 0 Å². The van der Waals surface area contributed by atoms with Crippen molar-refractivity contribution in [2.45, 2.75) is 44.9 Å². The Morgan fingerprint density at radius 2 is 2.00 bits per heavy atom. The van der Waals surface area contributed by atoms with E-state index in [9.17, 15) is 9.59 Å². The van der Waals surface area contributed by atoms with E-state index in [-0.39, 0.29) is 30.9 Å². The van der Waals surface area contributed by atoms with Crippen LogP contribution in [0.2, 0.25) is 0 Å². The number of hydrogen-bond donors (Lipinski definition) is 3. The third kappa shape index (κ3) is 4.98. The molecular formula is C27H32N6O3. The second-order valence-electron chi connectivity index (χ2n) is 9.60. The number of nitrogens with two attached hydrogens (primary N) is 2. The molecule has 2 bridgehead atoms. The molecule has 2 aromatic carbocycles. The number of fused-ring (bicyclic) bond motifs is 3. The molecule has 2 aromatic rings. The van der Waals surface area contributed by atoms with Gasteiger partial charge < -0.3 is 21.7 Å². The summed E-state index contributed by atoms with van der Waals surface area (Å²) in [6, 6.07) is 13.4. The van der Waals surface area contributed by atoms with Gasteiger partial charge in [-0.2, -0.15) is 0 Å². The van der Waals surface area contributed by atoms with Crippen molar-refractivity contribution in [2.75, 3.05) is 25.4 Å². The van der Waals surface area contributed by atoms with Crippen molar-refractivity contribution in [1.29, 1.82) is 0 Å². The number of rotatable bonds is 7. The minimum Gasteiger partial charge on any atom is -0.399 e. The number of amides is 2. The summed E-state index contributed by atoms with van der Waals surface area (Å²) in [7, 11) is 0. The largest absolute Gasteiger partial charge is 0.399 e. The molecule has 0 aromatic heterocycles. The van der Waals surface area contributed by atoms with Crippen LogP contribution in [0.1, 0.15) is 47.7 Å². The second kappa shape index (κ2) is 10.1. The van der Waals surface area contributed by atoms with Gasteiger partial charge in [0.05, 0.1) is 5.69 Å². The van der Waals surface area contributed by atoms with E-state index >= 15 is 0 Å². The van der Waals surface area contributed by atoms with Crippen LogP contribution in [0.15, 0.2) is 53.0 Å². The number of anilines is 1. The Morgan fingerprint density at radius 1 is 1.19 bits per heavy atom. The summed E-state index contributed by atoms with van der Waals surface area (Å²) in [6.07, 6.45) is 3.74. The van der Waals surface area contributed by atoms with Crippen LogP contribution in [0.4, 0.5) is 11.4 Å². The van der Waals surface area contributed by atoms with E-state index in [1.165, 1.54) is 5.06 Å². The quantitative estimate of drug-likeness (QED) is 0.406. The summed E-state index contributed by atoms with van der Waals surface area (Å²) in [6.45, 7) is 4.25. The lowest BCUT2D eigenvalue weighted by Crippen LogP contribution is -2.46. The predicted octanol–water partition coefficient (Wildman–Crippen LogP) is 2.60. The standard InChI is InChI=1S/C27H32N6O3/c1-2-9-33(36-16-17-3-7-21(28)8-4-17)27(35)20-10-18-5-6-19(11-24(18)31-25(29)12-20)26(34)32-15-22-13-23(32)14-30-22/h3-8,10-11,22-23,30H,2,9,12-16,28H2,1H3,(H2,29,31). The number of aliphatic imine (C=N–C) groups is 1. The maximum absolute atomic E-state index is 13.4. The van der Waals surface area contributed by atoms with Crippen molar-refractivity contribution < 1.29 is 14.4 Å². The molecule has 188 valence electrons. The Hall–Kier alpha value is -3.69. The third-order valence-corrected chi connectivity index (χ3v) is 6.85. The first-order valence-corrected chi connectivity index (χ1v) is 12.4. The molecule has 2 amide bonds. The average Bonchev–Trinajstić information content (AvgIpc) is 3.47. The van der Waals surface area contributed by atoms with E-state index in [4.69, 9.17) is 16.3 Å². The summed E-state index contributed by atoms with van der Waals surface area (Å²) in [5.41, 5.74) is 16.0. The highest BCUT2D eigenvalue weighted by molar-refractivity contribution is 6.05. The number of benzene rings is 2. The first kappa shape index (κ1) is 24.0. The van der Waals surface area contributed by atoms with Crippen molar-refractivity contribution in [1.82, 2.24) is 15.3 Å². The fourth-order valence-electron chi connectivity index (χ4n) is 4.99. The number of nitrogens with zero attached hydrogens (tertiary/aromatic N) is 3. The molecule has 0 aliphatic carbocycles. The van der Waals surface area contributed by atoms with E-state index in [1.54, 1.807) is 30.3 Å². The van der Waals surface area contributed by atoms with Gasteiger partial charge in [-0.15, -0.1) is 0 Å². The molecule has 9 heteroatoms. The molecule has 0 spiro atoms. The number of hydroxylamine groups is 2. The van der Waals surface area contributed by atoms with Crippen LogP contribution in [0.3, 0.4) is 0 Å². The van der Waals surface area contributed by atoms with Crippen LogP contribution in [0.5, 0.6) is 0 Å². The first-order chi connectivity index (χ1) is 17.4. The minimum atomic E-state index is -0.251. The summed E-state index contributed by atoms with van der Waals surface area (Å²) in [5, 5.41) is 4.80. The number of carbonyl (C=O) groups is 2. The van der Waals surface area contributed by atoms with E-state index in [2.05, 4.69) is 10.3 Å². The van der Waals surface area contributed by atoms with Crippen LogP contribution >= 0.6 is 0 Å². The van der Waals surface area contributed by atoms with Crippen molar-refractivity contribution in [3.8, 4) is 0 Å². The molecular weight excluding hydrogens is 456 g/mol. The zero-order valence-electron chi connectivity index (χ0n) is 20.4. The van der Waals surface area contributed by atoms with E-state index < -0.39 is 0 Å². The van der Waals surface area contributed by atoms with Gasteiger partial charge in [0.1, 0.15) is 12.4 Å². The maximum atomic E-state index is 13.4. The van der Waals surface area contributed by atoms with Gasteiger partial charge in [-0.25, -0.2) is 10.1 Å². The Kier molecular flexibility index (Phi) is 6.75. The summed E-state index contributed by atoms with van der Waals surface area (Å²) >= 11 is 0. The molecule has 2 atom stereocenters. The molecule has 3 aliphatic rings. The van der Waals surface area contributed by atoms with Gasteiger partial charge in [0.15, 0.2) is 0 Å². The number of likely N-dealkylation sites (tertiary alicyclic amines) is 1. The number of piperazine rings is 1. The fourth-order valence-corrected chi connectivity index (χ4v) is 4.99. The lowest BCUT2D eigenvalue weighted by Gasteiger charge is -2.27. The fraction of sp³-hybridized carbons (Fsp3) is 0.370. The highest BCUT2D eigenvalue weighted by atomic mass is 16.7. The molecule has 3 heterocycles. The Morgan fingerprint density at radius 3 is 2.69 bits per heavy atom. The Balaban J connectivity index is 1.34. The van der Waals surface area contributed by atoms with Crippen molar-refractivity contribution >= 4 is 35.1 Å². The number of nitrogens with one attached hydrogen (secondary N) is 1. The molecule has 2 saturated heterocycles. The number of amidine groups is 1. The lowest BCUT2D eigenvalue weighted by atomic mass is 10.0. The number of carbonyl (C=O) groups excluding carboxylic acids is 2. The molecule has 0 radical (unpaired) electrons. The molecule has 2 fully saturated rings. The van der Waals surface area contributed by atoms with Gasteiger partial charge in [-0.1, -0.05) is 25.1 Å². The smallest absolute Gasteiger partial charge is 0.273 e. The normalized spacial score (nSPS) is 20.4. The first-order valence-electron chi connectivity index (χ1n) is 12.4. The topological polar surface area (TPSA) is 126 Å². The van der Waals surface area contributed by atoms with E-state index in [1.807, 2.05) is 30.0 Å². The van der Waals surface area contributed by atoms with E-state index in [0.717, 1.165) is 37.1 Å². The van der Waals surface area contributed by atoms with Gasteiger partial charge in [0.2, 0.25) is 0 Å². The number of nitrogen functional groups attached to an aromatic ring is 1. The molecule has 5 rings (SSSR count). The molecule has 9 nitrogen and oxygen atoms in total. The van der Waals surface area contributed by atoms with Gasteiger partial charge in [-0.3, -0.25) is 14.4 Å². The molecule has 0 saturated carbocycles. The Bertz CT molecular complexity index is 1220. The third-order valence-electron chi connectivity index (χ3n) is 6.85. The predicted molar refractivity (Wildman–Crippen MR) is 139 cm³/mol. The van der Waals surface area contributed by atoms with Crippen LogP contribution in [0, 0.1) is 0 Å². The minimum absolute atomic E-state index is 0.00952. The van der Waals surface area contributed by atoms with Crippen LogP contribution in [-0.2, 0) is 16.2 Å². The molecule has 5 N–H and O–H groups in total. The molecule has 36 heavy (non-hydrogen) atoms. The highest BCUT2D eigenvalue weighted by Gasteiger charge is 2.40. The lowest BCUT2D eigenvalue weighted by molar-refractivity contribution is -0.187. The average molecular weight is 489 g/mol. The molecule has 2 unspecified atom stereocenters. The van der Waals surface area contributed by atoms with Gasteiger partial charge in [0.25, 0.3) is 11.8 Å². The van der Waals surface area contributed by atoms with Crippen LogP contribution < -0.4 is 16.8 Å². The van der Waals surface area contributed by atoms with Crippen molar-refractivity contribution in [2.24, 2.45) is 10.7 Å². The summed E-state index contributed by atoms with van der Waals surface area (Å²) < 4.78 is 0. The zero-order valence-corrected chi connectivity index (χ0v) is 20.4. The highest BCUT2D eigenvalue weighted by Crippen LogP contribution is 2.31. The maximum Gasteiger partial charge on any atom is 0.273 e. The summed E-state index contributed by atoms with van der Waals surface area (Å²) in [5.74, 6) is 0.0756. The zero-order chi connectivity index (χ0) is 25.2. The summed E-state index contributed by atoms with van der Waals surface area (Å²) in [4.78, 5) is 38.9. The second-order valence-corrected chi connectivity index (χ2v) is 9.60. The monoisotopic (exact) mass is 488 g/mol. The Labute approximate surface area is 210 Å². The van der Waals surface area contributed by atoms with Gasteiger partial charge in [-0.05, 0) is 48.7 Å². The van der Waals surface area contributed by atoms with Crippen molar-refractivity contribution in [3.05, 3.63) is 64.7 Å². The van der Waals surface area contributed by atoms with E-state index in [0.29, 0.717) is 40.9 Å². The number of hydrogen-bond acceptors (Lipinski definition) is 7.